The second-order valence-corrected chi connectivity index (χ2v) is 5.66. The molecule has 1 fully saturated rings. The number of rotatable bonds is 4. The third-order valence-electron chi connectivity index (χ3n) is 3.84. The van der Waals surface area contributed by atoms with Crippen LogP contribution in [-0.4, -0.2) is 12.6 Å². The fourth-order valence-electron chi connectivity index (χ4n) is 2.93. The van der Waals surface area contributed by atoms with Crippen LogP contribution >= 0.6 is 15.9 Å². The van der Waals surface area contributed by atoms with Crippen LogP contribution in [0.4, 0.5) is 4.39 Å². The lowest BCUT2D eigenvalue weighted by atomic mass is 9.65. The third-order valence-corrected chi connectivity index (χ3v) is 4.33. The molecular weight excluding hydrogens is 281 g/mol. The van der Waals surface area contributed by atoms with E-state index >= 15 is 0 Å². The summed E-state index contributed by atoms with van der Waals surface area (Å²) in [7, 11) is 0. The van der Waals surface area contributed by atoms with Gasteiger partial charge in [-0.15, -0.1) is 0 Å². The number of benzene rings is 1. The minimum absolute atomic E-state index is 0.0633. The zero-order valence-electron chi connectivity index (χ0n) is 10.3. The maximum absolute atomic E-state index is 13.8. The van der Waals surface area contributed by atoms with Gasteiger partial charge in [0.2, 0.25) is 0 Å². The number of halogens is 2. The highest BCUT2D eigenvalue weighted by atomic mass is 79.9. The third kappa shape index (κ3) is 2.55. The molecule has 1 nitrogen and oxygen atoms in total. The molecule has 17 heavy (non-hydrogen) atoms. The van der Waals surface area contributed by atoms with Crippen LogP contribution in [0, 0.1) is 11.7 Å². The van der Waals surface area contributed by atoms with Gasteiger partial charge in [-0.1, -0.05) is 36.2 Å². The van der Waals surface area contributed by atoms with Crippen LogP contribution in [0.5, 0.6) is 0 Å². The van der Waals surface area contributed by atoms with Gasteiger partial charge in [0.25, 0.3) is 0 Å². The van der Waals surface area contributed by atoms with Crippen LogP contribution in [0.25, 0.3) is 0 Å². The molecule has 1 N–H and O–H groups in total. The summed E-state index contributed by atoms with van der Waals surface area (Å²) in [4.78, 5) is 0. The number of hydrogen-bond acceptors (Lipinski definition) is 1. The molecule has 2 rings (SSSR count). The normalized spacial score (nSPS) is 27.9. The van der Waals surface area contributed by atoms with E-state index in [0.717, 1.165) is 29.4 Å². The molecule has 3 unspecified atom stereocenters. The average Bonchev–Trinajstić information content (AvgIpc) is 2.28. The first-order valence-corrected chi connectivity index (χ1v) is 7.15. The quantitative estimate of drug-likeness (QED) is 0.883. The summed E-state index contributed by atoms with van der Waals surface area (Å²) in [6, 6.07) is 5.82. The fraction of sp³-hybridized carbons (Fsp3) is 0.571. The van der Waals surface area contributed by atoms with E-state index in [1.165, 1.54) is 0 Å². The van der Waals surface area contributed by atoms with Gasteiger partial charge in [-0.25, -0.2) is 4.39 Å². The number of hydrogen-bond donors (Lipinski definition) is 1. The maximum Gasteiger partial charge on any atom is 0.126 e. The van der Waals surface area contributed by atoms with Crippen LogP contribution in [0.2, 0.25) is 0 Å². The van der Waals surface area contributed by atoms with Gasteiger partial charge in [-0.3, -0.25) is 0 Å². The first-order chi connectivity index (χ1) is 8.17. The first-order valence-electron chi connectivity index (χ1n) is 6.35. The molecule has 1 aromatic rings. The topological polar surface area (TPSA) is 12.0 Å². The summed E-state index contributed by atoms with van der Waals surface area (Å²) in [5.74, 6) is 0.881. The van der Waals surface area contributed by atoms with Gasteiger partial charge in [0.1, 0.15) is 5.82 Å². The van der Waals surface area contributed by atoms with Crippen LogP contribution in [0.3, 0.4) is 0 Å². The molecule has 0 aromatic heterocycles. The molecule has 0 radical (unpaired) electrons. The Bertz CT molecular complexity index is 394. The van der Waals surface area contributed by atoms with E-state index in [4.69, 9.17) is 0 Å². The van der Waals surface area contributed by atoms with E-state index in [1.807, 2.05) is 6.07 Å². The lowest BCUT2D eigenvalue weighted by Crippen LogP contribution is -2.49. The molecule has 0 saturated heterocycles. The second kappa shape index (κ2) is 5.49. The predicted octanol–water partition coefficient (Wildman–Crippen LogP) is 4.08. The van der Waals surface area contributed by atoms with Crippen LogP contribution in [0.15, 0.2) is 22.7 Å². The van der Waals surface area contributed by atoms with E-state index in [9.17, 15) is 4.39 Å². The van der Waals surface area contributed by atoms with Crippen molar-refractivity contribution < 1.29 is 4.39 Å². The molecular formula is C14H19BrFN. The van der Waals surface area contributed by atoms with Crippen molar-refractivity contribution in [2.75, 3.05) is 6.54 Å². The van der Waals surface area contributed by atoms with Gasteiger partial charge in [0.05, 0.1) is 0 Å². The summed E-state index contributed by atoms with van der Waals surface area (Å²) in [6.45, 7) is 5.31. The highest BCUT2D eigenvalue weighted by Crippen LogP contribution is 2.45. The number of nitrogens with one attached hydrogen (secondary N) is 1. The Morgan fingerprint density at radius 1 is 1.41 bits per heavy atom. The molecule has 1 aliphatic rings. The van der Waals surface area contributed by atoms with Gasteiger partial charge >= 0.3 is 0 Å². The van der Waals surface area contributed by atoms with Crippen molar-refractivity contribution in [3.63, 3.8) is 0 Å². The van der Waals surface area contributed by atoms with E-state index < -0.39 is 0 Å². The Balaban J connectivity index is 2.16. The van der Waals surface area contributed by atoms with Crippen molar-refractivity contribution in [1.29, 1.82) is 0 Å². The lowest BCUT2D eigenvalue weighted by molar-refractivity contribution is 0.159. The molecule has 94 valence electrons. The summed E-state index contributed by atoms with van der Waals surface area (Å²) in [5, 5.41) is 3.48. The highest BCUT2D eigenvalue weighted by molar-refractivity contribution is 9.10. The molecule has 3 atom stereocenters. The van der Waals surface area contributed by atoms with Crippen molar-refractivity contribution in [2.45, 2.75) is 38.6 Å². The van der Waals surface area contributed by atoms with Crippen LogP contribution < -0.4 is 5.32 Å². The largest absolute Gasteiger partial charge is 0.314 e. The monoisotopic (exact) mass is 299 g/mol. The van der Waals surface area contributed by atoms with E-state index in [1.54, 1.807) is 12.1 Å². The van der Waals surface area contributed by atoms with Crippen molar-refractivity contribution in [1.82, 2.24) is 5.32 Å². The van der Waals surface area contributed by atoms with E-state index in [2.05, 4.69) is 35.1 Å². The van der Waals surface area contributed by atoms with Crippen molar-refractivity contribution >= 4 is 15.9 Å². The Kier molecular flexibility index (Phi) is 4.21. The Morgan fingerprint density at radius 3 is 2.82 bits per heavy atom. The van der Waals surface area contributed by atoms with Gasteiger partial charge < -0.3 is 5.32 Å². The Hall–Kier alpha value is -0.410. The minimum atomic E-state index is -0.0633. The maximum atomic E-state index is 13.8. The minimum Gasteiger partial charge on any atom is -0.314 e. The van der Waals surface area contributed by atoms with Gasteiger partial charge in [0.15, 0.2) is 0 Å². The van der Waals surface area contributed by atoms with Crippen LogP contribution in [0.1, 0.15) is 38.2 Å². The SMILES string of the molecule is CCNC1CC(c2cc(Br)ccc2F)C1CC. The molecule has 1 aliphatic carbocycles. The molecule has 1 aromatic carbocycles. The molecule has 0 bridgehead atoms. The second-order valence-electron chi connectivity index (χ2n) is 4.74. The summed E-state index contributed by atoms with van der Waals surface area (Å²) < 4.78 is 14.8. The van der Waals surface area contributed by atoms with Gasteiger partial charge in [-0.05, 0) is 48.6 Å². The molecule has 0 aliphatic heterocycles. The summed E-state index contributed by atoms with van der Waals surface area (Å²) in [5.41, 5.74) is 0.875. The molecule has 0 amide bonds. The van der Waals surface area contributed by atoms with Crippen molar-refractivity contribution in [3.8, 4) is 0 Å². The first kappa shape index (κ1) is 13.0. The fourth-order valence-corrected chi connectivity index (χ4v) is 3.31. The highest BCUT2D eigenvalue weighted by Gasteiger charge is 2.40. The standard InChI is InChI=1S/C14H19BrFN/c1-3-10-11(8-14(10)17-4-2)12-7-9(15)5-6-13(12)16/h5-7,10-11,14,17H,3-4,8H2,1-2H3. The molecule has 1 saturated carbocycles. The smallest absolute Gasteiger partial charge is 0.126 e. The molecule has 3 heteroatoms. The average molecular weight is 300 g/mol. The van der Waals surface area contributed by atoms with Crippen molar-refractivity contribution in [3.05, 3.63) is 34.1 Å². The molecule has 0 spiro atoms. The van der Waals surface area contributed by atoms with E-state index in [-0.39, 0.29) is 5.82 Å². The van der Waals surface area contributed by atoms with Crippen LogP contribution in [-0.2, 0) is 0 Å². The lowest BCUT2D eigenvalue weighted by Gasteiger charge is -2.45. The van der Waals surface area contributed by atoms with Gasteiger partial charge in [0, 0.05) is 10.5 Å². The predicted molar refractivity (Wildman–Crippen MR) is 72.7 cm³/mol. The molecule has 0 heterocycles. The van der Waals surface area contributed by atoms with Crippen molar-refractivity contribution in [2.24, 2.45) is 5.92 Å². The zero-order chi connectivity index (χ0) is 12.4. The van der Waals surface area contributed by atoms with E-state index in [0.29, 0.717) is 17.9 Å². The zero-order valence-corrected chi connectivity index (χ0v) is 11.9. The summed E-state index contributed by atoms with van der Waals surface area (Å²) >= 11 is 3.42. The van der Waals surface area contributed by atoms with Gasteiger partial charge in [-0.2, -0.15) is 0 Å². The Labute approximate surface area is 111 Å². The Morgan fingerprint density at radius 2 is 2.18 bits per heavy atom. The summed E-state index contributed by atoms with van der Waals surface area (Å²) in [6.07, 6.45) is 2.16.